The van der Waals surface area contributed by atoms with Crippen molar-refractivity contribution in [3.05, 3.63) is 45.1 Å². The summed E-state index contributed by atoms with van der Waals surface area (Å²) in [6.07, 6.45) is 0.971. The minimum Gasteiger partial charge on any atom is -0.478 e. The number of carboxylic acid groups (broad SMARTS) is 1. The molecule has 2 N–H and O–H groups in total. The SMILES string of the molecule is Cc1sc(C(=O)Nc2ccc(C#N)cc2C(=O)O)cc1S(=O)(=O)N1CC(C)CC(C)C1. The maximum absolute atomic E-state index is 13.2. The van der Waals surface area contributed by atoms with Gasteiger partial charge in [0.2, 0.25) is 10.0 Å². The fraction of sp³-hybridized carbons (Fsp3) is 0.381. The summed E-state index contributed by atoms with van der Waals surface area (Å²) >= 11 is 1.04. The largest absolute Gasteiger partial charge is 0.478 e. The number of anilines is 1. The Labute approximate surface area is 185 Å². The van der Waals surface area contributed by atoms with Crippen LogP contribution in [0.1, 0.15) is 50.7 Å². The van der Waals surface area contributed by atoms with Crippen molar-refractivity contribution in [1.29, 1.82) is 5.26 Å². The number of piperidine rings is 1. The number of thiophene rings is 1. The van der Waals surface area contributed by atoms with Crippen molar-refractivity contribution < 1.29 is 23.1 Å². The highest BCUT2D eigenvalue weighted by molar-refractivity contribution is 7.89. The Bertz CT molecular complexity index is 1170. The third-order valence-corrected chi connectivity index (χ3v) is 8.31. The molecule has 1 amide bonds. The van der Waals surface area contributed by atoms with E-state index in [0.717, 1.165) is 17.8 Å². The molecule has 0 saturated carbocycles. The van der Waals surface area contributed by atoms with E-state index in [9.17, 15) is 23.1 Å². The van der Waals surface area contributed by atoms with Gasteiger partial charge in [0.15, 0.2) is 0 Å². The van der Waals surface area contributed by atoms with Gasteiger partial charge < -0.3 is 10.4 Å². The van der Waals surface area contributed by atoms with E-state index in [1.54, 1.807) is 6.92 Å². The van der Waals surface area contributed by atoms with Crippen LogP contribution in [-0.4, -0.2) is 42.8 Å². The number of rotatable bonds is 5. The Balaban J connectivity index is 1.88. The quantitative estimate of drug-likeness (QED) is 0.701. The Morgan fingerprint density at radius 2 is 1.87 bits per heavy atom. The molecule has 0 spiro atoms. The summed E-state index contributed by atoms with van der Waals surface area (Å²) in [5.74, 6) is -1.38. The van der Waals surface area contributed by atoms with Crippen molar-refractivity contribution in [2.45, 2.75) is 32.1 Å². The highest BCUT2D eigenvalue weighted by atomic mass is 32.2. The highest BCUT2D eigenvalue weighted by Crippen LogP contribution is 2.32. The number of aromatic carboxylic acids is 1. The van der Waals surface area contributed by atoms with Gasteiger partial charge in [0.25, 0.3) is 5.91 Å². The second-order valence-corrected chi connectivity index (χ2v) is 11.1. The van der Waals surface area contributed by atoms with Crippen LogP contribution in [0.4, 0.5) is 5.69 Å². The van der Waals surface area contributed by atoms with Crippen LogP contribution in [0.25, 0.3) is 0 Å². The molecule has 1 aromatic carbocycles. The third-order valence-electron chi connectivity index (χ3n) is 5.18. The number of carbonyl (C=O) groups excluding carboxylic acids is 1. The molecule has 0 radical (unpaired) electrons. The maximum atomic E-state index is 13.2. The lowest BCUT2D eigenvalue weighted by molar-refractivity contribution is 0.0698. The van der Waals surface area contributed by atoms with Crippen molar-refractivity contribution >= 4 is 38.9 Å². The van der Waals surface area contributed by atoms with Crippen LogP contribution in [0.3, 0.4) is 0 Å². The number of nitrogens with one attached hydrogen (secondary N) is 1. The van der Waals surface area contributed by atoms with E-state index in [1.807, 2.05) is 19.9 Å². The molecular formula is C21H23N3O5S2. The molecule has 1 aliphatic heterocycles. The Kier molecular flexibility index (Phi) is 6.50. The van der Waals surface area contributed by atoms with Crippen molar-refractivity contribution in [2.75, 3.05) is 18.4 Å². The number of hydrogen-bond donors (Lipinski definition) is 2. The van der Waals surface area contributed by atoms with Crippen LogP contribution in [0.5, 0.6) is 0 Å². The van der Waals surface area contributed by atoms with Gasteiger partial charge in [-0.3, -0.25) is 4.79 Å². The first-order valence-electron chi connectivity index (χ1n) is 9.72. The molecule has 2 aromatic rings. The zero-order valence-corrected chi connectivity index (χ0v) is 19.0. The van der Waals surface area contributed by atoms with Crippen molar-refractivity contribution in [3.63, 3.8) is 0 Å². The molecule has 1 saturated heterocycles. The molecule has 2 unspecified atom stereocenters. The number of benzene rings is 1. The molecule has 31 heavy (non-hydrogen) atoms. The van der Waals surface area contributed by atoms with Gasteiger partial charge in [0.05, 0.1) is 32.7 Å². The molecule has 1 aromatic heterocycles. The van der Waals surface area contributed by atoms with E-state index in [-0.39, 0.29) is 38.4 Å². The number of nitrogens with zero attached hydrogens (tertiary/aromatic N) is 2. The first-order chi connectivity index (χ1) is 14.5. The average Bonchev–Trinajstić information content (AvgIpc) is 3.10. The average molecular weight is 462 g/mol. The molecule has 8 nitrogen and oxygen atoms in total. The molecule has 1 fully saturated rings. The van der Waals surface area contributed by atoms with Crippen LogP contribution in [0.2, 0.25) is 0 Å². The van der Waals surface area contributed by atoms with E-state index in [4.69, 9.17) is 5.26 Å². The van der Waals surface area contributed by atoms with E-state index < -0.39 is 21.9 Å². The van der Waals surface area contributed by atoms with E-state index >= 15 is 0 Å². The highest BCUT2D eigenvalue weighted by Gasteiger charge is 2.34. The first-order valence-corrected chi connectivity index (χ1v) is 12.0. The molecule has 1 aliphatic rings. The third kappa shape index (κ3) is 4.79. The zero-order valence-electron chi connectivity index (χ0n) is 17.4. The number of hydrogen-bond acceptors (Lipinski definition) is 6. The first kappa shape index (κ1) is 22.9. The summed E-state index contributed by atoms with van der Waals surface area (Å²) in [5.41, 5.74) is -0.0313. The number of sulfonamides is 1. The molecule has 10 heteroatoms. The summed E-state index contributed by atoms with van der Waals surface area (Å²) in [4.78, 5) is 25.0. The molecule has 0 aliphatic carbocycles. The predicted octanol–water partition coefficient (Wildman–Crippen LogP) is 3.55. The van der Waals surface area contributed by atoms with Gasteiger partial charge in [-0.15, -0.1) is 11.3 Å². The minimum atomic E-state index is -3.74. The van der Waals surface area contributed by atoms with Crippen molar-refractivity contribution in [2.24, 2.45) is 11.8 Å². The van der Waals surface area contributed by atoms with Gasteiger partial charge in [-0.1, -0.05) is 13.8 Å². The van der Waals surface area contributed by atoms with Gasteiger partial charge in [-0.05, 0) is 49.4 Å². The standard InChI is InChI=1S/C21H23N3O5S2/c1-12-6-13(2)11-24(10-12)31(28,29)19-8-18(30-14(19)3)20(25)23-17-5-4-15(9-22)7-16(17)21(26)27/h4-5,7-8,12-13H,6,10-11H2,1-3H3,(H,23,25)(H,26,27). The van der Waals surface area contributed by atoms with E-state index in [1.165, 1.54) is 28.6 Å². The molecule has 0 bridgehead atoms. The summed E-state index contributed by atoms with van der Waals surface area (Å²) in [6.45, 7) is 6.58. The van der Waals surface area contributed by atoms with Gasteiger partial charge in [-0.25, -0.2) is 13.2 Å². The fourth-order valence-electron chi connectivity index (χ4n) is 3.86. The van der Waals surface area contributed by atoms with Gasteiger partial charge in [-0.2, -0.15) is 9.57 Å². The van der Waals surface area contributed by atoms with Crippen LogP contribution in [0, 0.1) is 30.1 Å². The van der Waals surface area contributed by atoms with Crippen LogP contribution < -0.4 is 5.32 Å². The number of carboxylic acids is 1. The van der Waals surface area contributed by atoms with Gasteiger partial charge in [0.1, 0.15) is 0 Å². The van der Waals surface area contributed by atoms with Gasteiger partial charge >= 0.3 is 5.97 Å². The number of amides is 1. The van der Waals surface area contributed by atoms with Crippen LogP contribution in [0.15, 0.2) is 29.2 Å². The normalized spacial score (nSPS) is 19.5. The van der Waals surface area contributed by atoms with Crippen LogP contribution >= 0.6 is 11.3 Å². The lowest BCUT2D eigenvalue weighted by Crippen LogP contribution is -2.42. The van der Waals surface area contributed by atoms with Gasteiger partial charge in [0, 0.05) is 18.0 Å². The molecule has 164 valence electrons. The number of carbonyl (C=O) groups is 2. The minimum absolute atomic E-state index is 0.0330. The molecule has 2 heterocycles. The number of nitriles is 1. The summed E-state index contributed by atoms with van der Waals surface area (Å²) in [7, 11) is -3.74. The molecule has 3 rings (SSSR count). The molecule has 2 atom stereocenters. The topological polar surface area (TPSA) is 128 Å². The Hall–Kier alpha value is -2.74. The molecular weight excluding hydrogens is 438 g/mol. The Morgan fingerprint density at radius 3 is 2.45 bits per heavy atom. The lowest BCUT2D eigenvalue weighted by atomic mass is 9.94. The second-order valence-electron chi connectivity index (χ2n) is 7.93. The zero-order chi connectivity index (χ0) is 22.9. The maximum Gasteiger partial charge on any atom is 0.337 e. The van der Waals surface area contributed by atoms with Crippen molar-refractivity contribution in [1.82, 2.24) is 4.31 Å². The summed E-state index contributed by atoms with van der Waals surface area (Å²) in [5, 5.41) is 20.8. The Morgan fingerprint density at radius 1 is 1.23 bits per heavy atom. The fourth-order valence-corrected chi connectivity index (χ4v) is 6.99. The predicted molar refractivity (Wildman–Crippen MR) is 117 cm³/mol. The summed E-state index contributed by atoms with van der Waals surface area (Å²) in [6, 6.07) is 7.11. The lowest BCUT2D eigenvalue weighted by Gasteiger charge is -2.34. The van der Waals surface area contributed by atoms with Crippen LogP contribution in [-0.2, 0) is 10.0 Å². The second kappa shape index (κ2) is 8.78. The van der Waals surface area contributed by atoms with E-state index in [2.05, 4.69) is 5.32 Å². The number of aryl methyl sites for hydroxylation is 1. The van der Waals surface area contributed by atoms with Crippen molar-refractivity contribution in [3.8, 4) is 6.07 Å². The smallest absolute Gasteiger partial charge is 0.337 e. The summed E-state index contributed by atoms with van der Waals surface area (Å²) < 4.78 is 27.9. The monoisotopic (exact) mass is 461 g/mol. The van der Waals surface area contributed by atoms with E-state index in [0.29, 0.717) is 18.0 Å².